The molecule has 1 aliphatic rings. The maximum absolute atomic E-state index is 12.9. The lowest BCUT2D eigenvalue weighted by atomic mass is 10.0. The van der Waals surface area contributed by atoms with Crippen LogP contribution in [-0.4, -0.2) is 10.9 Å². The number of hydrogen-bond donors (Lipinski definition) is 0. The van der Waals surface area contributed by atoms with Crippen molar-refractivity contribution in [1.29, 1.82) is 0 Å². The normalized spacial score (nSPS) is 19.6. The van der Waals surface area contributed by atoms with Gasteiger partial charge in [-0.05, 0) is 59.8 Å². The smallest absolute Gasteiger partial charge is 0.197 e. The quantitative estimate of drug-likeness (QED) is 0.750. The number of carbonyl (C=O) groups is 2. The second kappa shape index (κ2) is 7.01. The van der Waals surface area contributed by atoms with Crippen LogP contribution in [0.25, 0.3) is 6.08 Å². The highest BCUT2D eigenvalue weighted by Gasteiger charge is 2.28. The second-order valence-corrected chi connectivity index (χ2v) is 6.63. The number of benzene rings is 2. The summed E-state index contributed by atoms with van der Waals surface area (Å²) >= 11 is 1.01. The first-order valence-electron chi connectivity index (χ1n) is 7.51. The van der Waals surface area contributed by atoms with Crippen molar-refractivity contribution in [3.8, 4) is 11.5 Å². The fourth-order valence-corrected chi connectivity index (χ4v) is 3.15. The molecule has 5 heteroatoms. The zero-order valence-corrected chi connectivity index (χ0v) is 13.8. The van der Waals surface area contributed by atoms with Gasteiger partial charge in [-0.3, -0.25) is 9.59 Å². The molecular weight excluding hydrogens is 327 g/mol. The van der Waals surface area contributed by atoms with Crippen LogP contribution in [0, 0.1) is 11.7 Å². The highest BCUT2D eigenvalue weighted by molar-refractivity contribution is 8.18. The van der Waals surface area contributed by atoms with Crippen molar-refractivity contribution in [3.63, 3.8) is 0 Å². The molecule has 3 nitrogen and oxygen atoms in total. The lowest BCUT2D eigenvalue weighted by Gasteiger charge is -2.17. The maximum Gasteiger partial charge on any atom is 0.197 e. The van der Waals surface area contributed by atoms with E-state index in [4.69, 9.17) is 4.74 Å². The van der Waals surface area contributed by atoms with Crippen molar-refractivity contribution in [2.24, 2.45) is 5.92 Å². The predicted molar refractivity (Wildman–Crippen MR) is 92.3 cm³/mol. The molecule has 1 heterocycles. The van der Waals surface area contributed by atoms with Crippen LogP contribution in [0.3, 0.4) is 0 Å². The Bertz CT molecular complexity index is 794. The van der Waals surface area contributed by atoms with Crippen molar-refractivity contribution in [2.45, 2.75) is 13.3 Å². The summed E-state index contributed by atoms with van der Waals surface area (Å²) in [7, 11) is 0. The van der Waals surface area contributed by atoms with Gasteiger partial charge in [0, 0.05) is 12.3 Å². The third kappa shape index (κ3) is 3.92. The fourth-order valence-electron chi connectivity index (χ4n) is 2.26. The van der Waals surface area contributed by atoms with Gasteiger partial charge >= 0.3 is 0 Å². The molecule has 2 aromatic carbocycles. The van der Waals surface area contributed by atoms with Crippen molar-refractivity contribution in [3.05, 3.63) is 64.8 Å². The van der Waals surface area contributed by atoms with E-state index in [1.807, 2.05) is 12.1 Å². The summed E-state index contributed by atoms with van der Waals surface area (Å²) in [5, 5.41) is 0.0251. The third-order valence-electron chi connectivity index (χ3n) is 3.61. The average molecular weight is 342 g/mol. The minimum atomic E-state index is -0.317. The van der Waals surface area contributed by atoms with E-state index in [9.17, 15) is 14.0 Å². The Morgan fingerprint density at radius 3 is 2.25 bits per heavy atom. The molecule has 3 rings (SSSR count). The standard InChI is InChI=1S/C19H15FO3S/c1-12-10-17(21)18(24-19(12)22)11-13-2-6-15(7-3-13)23-16-8-4-14(20)5-9-16/h2-9,11-12H,10H2,1H3. The van der Waals surface area contributed by atoms with Crippen LogP contribution >= 0.6 is 11.8 Å². The van der Waals surface area contributed by atoms with Crippen LogP contribution in [0.5, 0.6) is 11.5 Å². The Hall–Kier alpha value is -2.40. The van der Waals surface area contributed by atoms with Gasteiger partial charge in [0.15, 0.2) is 10.9 Å². The van der Waals surface area contributed by atoms with Gasteiger partial charge in [-0.15, -0.1) is 0 Å². The van der Waals surface area contributed by atoms with Crippen LogP contribution < -0.4 is 4.74 Å². The van der Waals surface area contributed by atoms with E-state index in [1.54, 1.807) is 37.3 Å². The second-order valence-electron chi connectivity index (χ2n) is 5.58. The number of carbonyl (C=O) groups excluding carboxylic acids is 2. The molecule has 0 bridgehead atoms. The fraction of sp³-hybridized carbons (Fsp3) is 0.158. The minimum absolute atomic E-state index is 0.00117. The Morgan fingerprint density at radius 2 is 1.62 bits per heavy atom. The van der Waals surface area contributed by atoms with Gasteiger partial charge < -0.3 is 4.74 Å². The van der Waals surface area contributed by atoms with Crippen molar-refractivity contribution in [1.82, 2.24) is 0 Å². The molecule has 0 radical (unpaired) electrons. The average Bonchev–Trinajstić information content (AvgIpc) is 2.56. The minimum Gasteiger partial charge on any atom is -0.457 e. The Balaban J connectivity index is 1.72. The number of halogens is 1. The summed E-state index contributed by atoms with van der Waals surface area (Å²) in [5.74, 6) is 0.615. The molecule has 1 unspecified atom stereocenters. The van der Waals surface area contributed by atoms with Crippen molar-refractivity contribution >= 4 is 28.7 Å². The van der Waals surface area contributed by atoms with Gasteiger partial charge in [-0.2, -0.15) is 0 Å². The van der Waals surface area contributed by atoms with Crippen LogP contribution in [0.4, 0.5) is 4.39 Å². The number of ketones is 1. The van der Waals surface area contributed by atoms with Gasteiger partial charge in [0.1, 0.15) is 17.3 Å². The summed E-state index contributed by atoms with van der Waals surface area (Å²) in [6.07, 6.45) is 1.99. The summed E-state index contributed by atoms with van der Waals surface area (Å²) in [6.45, 7) is 1.77. The first-order chi connectivity index (χ1) is 11.5. The van der Waals surface area contributed by atoms with Crippen LogP contribution in [-0.2, 0) is 9.59 Å². The van der Waals surface area contributed by atoms with Crippen molar-refractivity contribution < 1.29 is 18.7 Å². The van der Waals surface area contributed by atoms with E-state index in [1.165, 1.54) is 12.1 Å². The summed E-state index contributed by atoms with van der Waals surface area (Å²) < 4.78 is 18.5. The van der Waals surface area contributed by atoms with E-state index in [-0.39, 0.29) is 29.1 Å². The molecule has 122 valence electrons. The first-order valence-corrected chi connectivity index (χ1v) is 8.33. The molecule has 0 aliphatic carbocycles. The predicted octanol–water partition coefficient (Wildman–Crippen LogP) is 4.83. The number of thioether (sulfide) groups is 1. The van der Waals surface area contributed by atoms with E-state index >= 15 is 0 Å². The first kappa shape index (κ1) is 16.5. The monoisotopic (exact) mass is 342 g/mol. The summed E-state index contributed by atoms with van der Waals surface area (Å²) in [5.41, 5.74) is 0.819. The lowest BCUT2D eigenvalue weighted by molar-refractivity contribution is -0.121. The Kier molecular flexibility index (Phi) is 4.81. The topological polar surface area (TPSA) is 43.4 Å². The van der Waals surface area contributed by atoms with Crippen molar-refractivity contribution in [2.75, 3.05) is 0 Å². The molecule has 2 aromatic rings. The van der Waals surface area contributed by atoms with Gasteiger partial charge in [-0.1, -0.05) is 19.1 Å². The maximum atomic E-state index is 12.9. The highest BCUT2D eigenvalue weighted by atomic mass is 32.2. The van der Waals surface area contributed by atoms with Crippen LogP contribution in [0.15, 0.2) is 53.4 Å². The molecular formula is C19H15FO3S. The zero-order chi connectivity index (χ0) is 17.1. The lowest BCUT2D eigenvalue weighted by Crippen LogP contribution is -2.20. The van der Waals surface area contributed by atoms with Gasteiger partial charge in [0.05, 0.1) is 4.91 Å². The van der Waals surface area contributed by atoms with E-state index in [0.29, 0.717) is 16.4 Å². The number of ether oxygens (including phenoxy) is 1. The molecule has 1 fully saturated rings. The highest BCUT2D eigenvalue weighted by Crippen LogP contribution is 2.33. The number of allylic oxidation sites excluding steroid dienone is 1. The molecule has 0 spiro atoms. The van der Waals surface area contributed by atoms with E-state index in [2.05, 4.69) is 0 Å². The zero-order valence-electron chi connectivity index (χ0n) is 13.0. The number of Topliss-reactive ketones (excluding diaryl/α,β-unsaturated/α-hetero) is 1. The SMILES string of the molecule is CC1CC(=O)C(=Cc2ccc(Oc3ccc(F)cc3)cc2)SC1=O. The van der Waals surface area contributed by atoms with Crippen LogP contribution in [0.1, 0.15) is 18.9 Å². The Labute approximate surface area is 143 Å². The third-order valence-corrected chi connectivity index (χ3v) is 4.78. The van der Waals surface area contributed by atoms with Gasteiger partial charge in [-0.25, -0.2) is 4.39 Å². The molecule has 0 N–H and O–H groups in total. The molecule has 1 atom stereocenters. The molecule has 24 heavy (non-hydrogen) atoms. The molecule has 0 aromatic heterocycles. The molecule has 1 saturated heterocycles. The number of hydrogen-bond acceptors (Lipinski definition) is 4. The summed E-state index contributed by atoms with van der Waals surface area (Å²) in [6, 6.07) is 12.9. The van der Waals surface area contributed by atoms with Gasteiger partial charge in [0.2, 0.25) is 0 Å². The largest absolute Gasteiger partial charge is 0.457 e. The summed E-state index contributed by atoms with van der Waals surface area (Å²) in [4.78, 5) is 24.2. The number of rotatable bonds is 3. The molecule has 0 amide bonds. The molecule has 1 aliphatic heterocycles. The van der Waals surface area contributed by atoms with E-state index in [0.717, 1.165) is 17.3 Å². The van der Waals surface area contributed by atoms with Crippen LogP contribution in [0.2, 0.25) is 0 Å². The Morgan fingerprint density at radius 1 is 1.04 bits per heavy atom. The molecule has 0 saturated carbocycles. The van der Waals surface area contributed by atoms with Gasteiger partial charge in [0.25, 0.3) is 0 Å². The van der Waals surface area contributed by atoms with E-state index < -0.39 is 0 Å².